The second-order valence-corrected chi connectivity index (χ2v) is 5.86. The van der Waals surface area contributed by atoms with Crippen molar-refractivity contribution in [3.8, 4) is 0 Å². The Kier molecular flexibility index (Phi) is 5.41. The third kappa shape index (κ3) is 3.91. The SMILES string of the molecule is CCCNC(=O)C1(NC(=O)c2cc(C(=O)O)co2)CCCCC1. The summed E-state index contributed by atoms with van der Waals surface area (Å²) in [6.45, 7) is 2.52. The van der Waals surface area contributed by atoms with Gasteiger partial charge in [0.2, 0.25) is 5.91 Å². The zero-order valence-corrected chi connectivity index (χ0v) is 13.2. The second-order valence-electron chi connectivity index (χ2n) is 5.86. The summed E-state index contributed by atoms with van der Waals surface area (Å²) in [7, 11) is 0. The topological polar surface area (TPSA) is 109 Å². The van der Waals surface area contributed by atoms with Crippen molar-refractivity contribution in [3.63, 3.8) is 0 Å². The maximum atomic E-state index is 12.5. The van der Waals surface area contributed by atoms with Gasteiger partial charge in [-0.1, -0.05) is 26.2 Å². The minimum atomic E-state index is -1.17. The highest BCUT2D eigenvalue weighted by Crippen LogP contribution is 2.29. The molecule has 3 N–H and O–H groups in total. The molecule has 1 aromatic rings. The number of amides is 2. The molecule has 2 amide bonds. The van der Waals surface area contributed by atoms with Crippen LogP contribution >= 0.6 is 0 Å². The summed E-state index contributed by atoms with van der Waals surface area (Å²) in [6.07, 6.45) is 5.72. The number of nitrogens with one attached hydrogen (secondary N) is 2. The van der Waals surface area contributed by atoms with Crippen LogP contribution in [-0.4, -0.2) is 35.0 Å². The molecular weight excluding hydrogens is 300 g/mol. The maximum Gasteiger partial charge on any atom is 0.338 e. The summed E-state index contributed by atoms with van der Waals surface area (Å²) in [5.41, 5.74) is -1.04. The molecule has 0 atom stereocenters. The van der Waals surface area contributed by atoms with E-state index in [2.05, 4.69) is 10.6 Å². The van der Waals surface area contributed by atoms with Gasteiger partial charge in [0.25, 0.3) is 5.91 Å². The second kappa shape index (κ2) is 7.30. The van der Waals surface area contributed by atoms with Crippen LogP contribution in [0.2, 0.25) is 0 Å². The van der Waals surface area contributed by atoms with E-state index in [-0.39, 0.29) is 17.2 Å². The van der Waals surface area contributed by atoms with Crippen LogP contribution in [0.4, 0.5) is 0 Å². The predicted molar refractivity (Wildman–Crippen MR) is 82.3 cm³/mol. The van der Waals surface area contributed by atoms with Crippen LogP contribution in [0.15, 0.2) is 16.7 Å². The zero-order valence-electron chi connectivity index (χ0n) is 13.2. The number of carbonyl (C=O) groups excluding carboxylic acids is 2. The number of hydrogen-bond acceptors (Lipinski definition) is 4. The van der Waals surface area contributed by atoms with Crippen molar-refractivity contribution < 1.29 is 23.9 Å². The van der Waals surface area contributed by atoms with Gasteiger partial charge in [0.15, 0.2) is 5.76 Å². The van der Waals surface area contributed by atoms with E-state index in [1.54, 1.807) is 0 Å². The van der Waals surface area contributed by atoms with E-state index in [9.17, 15) is 14.4 Å². The van der Waals surface area contributed by atoms with Crippen LogP contribution in [-0.2, 0) is 4.79 Å². The van der Waals surface area contributed by atoms with E-state index >= 15 is 0 Å². The number of carbonyl (C=O) groups is 3. The zero-order chi connectivity index (χ0) is 16.9. The predicted octanol–water partition coefficient (Wildman–Crippen LogP) is 1.94. The first-order chi connectivity index (χ1) is 11.0. The molecule has 2 rings (SSSR count). The summed E-state index contributed by atoms with van der Waals surface area (Å²) < 4.78 is 5.01. The van der Waals surface area contributed by atoms with Crippen LogP contribution in [0.5, 0.6) is 0 Å². The number of aromatic carboxylic acids is 1. The Labute approximate surface area is 134 Å². The van der Waals surface area contributed by atoms with Crippen LogP contribution < -0.4 is 10.6 Å². The minimum Gasteiger partial charge on any atom is -0.478 e. The van der Waals surface area contributed by atoms with Gasteiger partial charge >= 0.3 is 5.97 Å². The molecule has 1 saturated carbocycles. The van der Waals surface area contributed by atoms with Crippen LogP contribution in [0.3, 0.4) is 0 Å². The molecule has 0 radical (unpaired) electrons. The minimum absolute atomic E-state index is 0.0942. The molecule has 0 spiro atoms. The number of rotatable bonds is 6. The summed E-state index contributed by atoms with van der Waals surface area (Å²) in [5.74, 6) is -2.01. The first-order valence-electron chi connectivity index (χ1n) is 7.91. The lowest BCUT2D eigenvalue weighted by atomic mass is 9.80. The summed E-state index contributed by atoms with van der Waals surface area (Å²) >= 11 is 0. The molecule has 0 aromatic carbocycles. The average Bonchev–Trinajstić information content (AvgIpc) is 3.03. The Bertz CT molecular complexity index is 587. The van der Waals surface area contributed by atoms with Crippen molar-refractivity contribution in [3.05, 3.63) is 23.7 Å². The van der Waals surface area contributed by atoms with Crippen LogP contribution in [0.25, 0.3) is 0 Å². The summed E-state index contributed by atoms with van der Waals surface area (Å²) in [5, 5.41) is 14.5. The lowest BCUT2D eigenvalue weighted by Crippen LogP contribution is -2.59. The number of carboxylic acids is 1. The van der Waals surface area contributed by atoms with Crippen molar-refractivity contribution >= 4 is 17.8 Å². The quantitative estimate of drug-likeness (QED) is 0.741. The number of carboxylic acid groups (broad SMARTS) is 1. The van der Waals surface area contributed by atoms with Crippen molar-refractivity contribution in [2.75, 3.05) is 6.54 Å². The Morgan fingerprint density at radius 1 is 1.26 bits per heavy atom. The lowest BCUT2D eigenvalue weighted by Gasteiger charge is -2.36. The standard InChI is InChI=1S/C16H22N2O5/c1-2-8-17-15(22)16(6-4-3-5-7-16)18-13(19)12-9-11(10-23-12)14(20)21/h9-10H,2-8H2,1H3,(H,17,22)(H,18,19)(H,20,21). The monoisotopic (exact) mass is 322 g/mol. The third-order valence-electron chi connectivity index (χ3n) is 4.10. The Hall–Kier alpha value is -2.31. The Balaban J connectivity index is 2.14. The maximum absolute atomic E-state index is 12.5. The molecule has 126 valence electrons. The third-order valence-corrected chi connectivity index (χ3v) is 4.10. The van der Waals surface area contributed by atoms with Gasteiger partial charge < -0.3 is 20.2 Å². The van der Waals surface area contributed by atoms with E-state index < -0.39 is 17.4 Å². The first-order valence-corrected chi connectivity index (χ1v) is 7.91. The van der Waals surface area contributed by atoms with Gasteiger partial charge in [-0.05, 0) is 19.3 Å². The van der Waals surface area contributed by atoms with Gasteiger partial charge in [0.1, 0.15) is 11.8 Å². The average molecular weight is 322 g/mol. The molecule has 7 heteroatoms. The molecule has 0 aliphatic heterocycles. The van der Waals surface area contributed by atoms with E-state index in [4.69, 9.17) is 9.52 Å². The van der Waals surface area contributed by atoms with Crippen LogP contribution in [0, 0.1) is 0 Å². The lowest BCUT2D eigenvalue weighted by molar-refractivity contribution is -0.128. The highest BCUT2D eigenvalue weighted by atomic mass is 16.4. The first kappa shape index (κ1) is 17.1. The molecule has 7 nitrogen and oxygen atoms in total. The van der Waals surface area contributed by atoms with Gasteiger partial charge in [-0.3, -0.25) is 9.59 Å². The number of hydrogen-bond donors (Lipinski definition) is 3. The van der Waals surface area contributed by atoms with Gasteiger partial charge in [-0.15, -0.1) is 0 Å². The molecular formula is C16H22N2O5. The van der Waals surface area contributed by atoms with Crippen molar-refractivity contribution in [2.24, 2.45) is 0 Å². The summed E-state index contributed by atoms with van der Waals surface area (Å²) in [6, 6.07) is 1.16. The van der Waals surface area contributed by atoms with Crippen molar-refractivity contribution in [1.82, 2.24) is 10.6 Å². The molecule has 1 heterocycles. The molecule has 0 saturated heterocycles. The highest BCUT2D eigenvalue weighted by molar-refractivity contribution is 5.99. The summed E-state index contributed by atoms with van der Waals surface area (Å²) in [4.78, 5) is 35.7. The number of furan rings is 1. The normalized spacial score (nSPS) is 16.6. The molecule has 0 unspecified atom stereocenters. The van der Waals surface area contributed by atoms with Crippen molar-refractivity contribution in [1.29, 1.82) is 0 Å². The van der Waals surface area contributed by atoms with Crippen molar-refractivity contribution in [2.45, 2.75) is 51.0 Å². The van der Waals surface area contributed by atoms with E-state index in [0.29, 0.717) is 19.4 Å². The van der Waals surface area contributed by atoms with Gasteiger partial charge in [-0.25, -0.2) is 4.79 Å². The van der Waals surface area contributed by atoms with E-state index in [1.165, 1.54) is 0 Å². The molecule has 23 heavy (non-hydrogen) atoms. The largest absolute Gasteiger partial charge is 0.478 e. The smallest absolute Gasteiger partial charge is 0.338 e. The fourth-order valence-corrected chi connectivity index (χ4v) is 2.82. The van der Waals surface area contributed by atoms with Gasteiger partial charge in [0.05, 0.1) is 5.56 Å². The molecule has 1 aliphatic rings. The molecule has 1 aromatic heterocycles. The van der Waals surface area contributed by atoms with Crippen LogP contribution in [0.1, 0.15) is 66.4 Å². The fraction of sp³-hybridized carbons (Fsp3) is 0.562. The van der Waals surface area contributed by atoms with E-state index in [0.717, 1.165) is 38.0 Å². The van der Waals surface area contributed by atoms with E-state index in [1.807, 2.05) is 6.92 Å². The van der Waals surface area contributed by atoms with Gasteiger partial charge in [0, 0.05) is 12.6 Å². The Morgan fingerprint density at radius 3 is 2.52 bits per heavy atom. The molecule has 1 fully saturated rings. The molecule has 1 aliphatic carbocycles. The highest BCUT2D eigenvalue weighted by Gasteiger charge is 2.41. The Morgan fingerprint density at radius 2 is 1.96 bits per heavy atom. The molecule has 0 bridgehead atoms. The fourth-order valence-electron chi connectivity index (χ4n) is 2.82. The van der Waals surface area contributed by atoms with Gasteiger partial charge in [-0.2, -0.15) is 0 Å².